The first-order valence-corrected chi connectivity index (χ1v) is 4.89. The van der Waals surface area contributed by atoms with E-state index in [9.17, 15) is 4.39 Å². The zero-order chi connectivity index (χ0) is 10.0. The quantitative estimate of drug-likeness (QED) is 0.652. The summed E-state index contributed by atoms with van der Waals surface area (Å²) >= 11 is 0. The number of halogens is 1. The molecular formula is C12H17F. The van der Waals surface area contributed by atoms with E-state index in [1.807, 2.05) is 19.9 Å². The van der Waals surface area contributed by atoms with Gasteiger partial charge in [0.2, 0.25) is 0 Å². The van der Waals surface area contributed by atoms with Crippen molar-refractivity contribution in [3.05, 3.63) is 34.1 Å². The van der Waals surface area contributed by atoms with Gasteiger partial charge in [0.25, 0.3) is 0 Å². The van der Waals surface area contributed by atoms with Gasteiger partial charge >= 0.3 is 0 Å². The van der Waals surface area contributed by atoms with Crippen LogP contribution in [0.2, 0.25) is 0 Å². The highest BCUT2D eigenvalue weighted by Crippen LogP contribution is 2.22. The van der Waals surface area contributed by atoms with Crippen molar-refractivity contribution in [3.63, 3.8) is 0 Å². The lowest BCUT2D eigenvalue weighted by Crippen LogP contribution is -2.00. The van der Waals surface area contributed by atoms with Gasteiger partial charge in [0, 0.05) is 0 Å². The number of aryl methyl sites for hydroxylation is 2. The Labute approximate surface area is 79.8 Å². The lowest BCUT2D eigenvalue weighted by molar-refractivity contribution is 0.605. The molecule has 0 unspecified atom stereocenters. The highest BCUT2D eigenvalue weighted by molar-refractivity contribution is 5.39. The molecule has 0 heterocycles. The van der Waals surface area contributed by atoms with Crippen LogP contribution in [0.5, 0.6) is 0 Å². The summed E-state index contributed by atoms with van der Waals surface area (Å²) in [6.45, 7) is 7.91. The van der Waals surface area contributed by atoms with Crippen LogP contribution in [0, 0.1) is 19.7 Å². The van der Waals surface area contributed by atoms with E-state index in [4.69, 9.17) is 0 Å². The van der Waals surface area contributed by atoms with Crippen LogP contribution in [0.4, 0.5) is 4.39 Å². The fourth-order valence-electron chi connectivity index (χ4n) is 1.89. The van der Waals surface area contributed by atoms with E-state index >= 15 is 0 Å². The van der Waals surface area contributed by atoms with Gasteiger partial charge in [-0.3, -0.25) is 0 Å². The van der Waals surface area contributed by atoms with Crippen LogP contribution in [-0.4, -0.2) is 0 Å². The molecule has 0 saturated heterocycles. The molecule has 1 aromatic rings. The van der Waals surface area contributed by atoms with Gasteiger partial charge in [0.05, 0.1) is 0 Å². The minimum atomic E-state index is -0.0333. The molecule has 72 valence electrons. The first-order valence-electron chi connectivity index (χ1n) is 4.89. The predicted octanol–water partition coefficient (Wildman–Crippen LogP) is 3.57. The average Bonchev–Trinajstić information content (AvgIpc) is 2.13. The molecule has 0 nitrogen and oxygen atoms in total. The maximum atomic E-state index is 13.5. The minimum Gasteiger partial charge on any atom is -0.206 e. The van der Waals surface area contributed by atoms with Gasteiger partial charge < -0.3 is 0 Å². The summed E-state index contributed by atoms with van der Waals surface area (Å²) in [6, 6.07) is 1.97. The Morgan fingerprint density at radius 3 is 2.23 bits per heavy atom. The van der Waals surface area contributed by atoms with Crippen molar-refractivity contribution in [2.75, 3.05) is 0 Å². The summed E-state index contributed by atoms with van der Waals surface area (Å²) in [5.74, 6) is -0.0333. The lowest BCUT2D eigenvalue weighted by atomic mass is 9.95. The fraction of sp³-hybridized carbons (Fsp3) is 0.500. The molecule has 1 heteroatoms. The Morgan fingerprint density at radius 2 is 1.77 bits per heavy atom. The van der Waals surface area contributed by atoms with Crippen LogP contribution in [0.3, 0.4) is 0 Å². The topological polar surface area (TPSA) is 0 Å². The van der Waals surface area contributed by atoms with Gasteiger partial charge in [-0.15, -0.1) is 0 Å². The molecule has 0 atom stereocenters. The molecule has 0 aliphatic carbocycles. The Bertz CT molecular complexity index is 313. The fourth-order valence-corrected chi connectivity index (χ4v) is 1.89. The van der Waals surface area contributed by atoms with Crippen LogP contribution in [-0.2, 0) is 12.8 Å². The smallest absolute Gasteiger partial charge is 0.129 e. The predicted molar refractivity (Wildman–Crippen MR) is 54.6 cm³/mol. The van der Waals surface area contributed by atoms with E-state index in [2.05, 4.69) is 13.8 Å². The summed E-state index contributed by atoms with van der Waals surface area (Å²) in [6.07, 6.45) is 1.91. The molecule has 0 aromatic heterocycles. The van der Waals surface area contributed by atoms with Gasteiger partial charge in [0.1, 0.15) is 5.82 Å². The van der Waals surface area contributed by atoms with Crippen molar-refractivity contribution < 1.29 is 4.39 Å². The molecule has 0 fully saturated rings. The first-order chi connectivity index (χ1) is 6.11. The highest BCUT2D eigenvalue weighted by Gasteiger charge is 2.09. The van der Waals surface area contributed by atoms with Crippen LogP contribution in [0.1, 0.15) is 36.1 Å². The van der Waals surface area contributed by atoms with E-state index in [1.165, 1.54) is 11.1 Å². The molecule has 0 spiro atoms. The Morgan fingerprint density at radius 1 is 1.15 bits per heavy atom. The van der Waals surface area contributed by atoms with Crippen molar-refractivity contribution in [2.24, 2.45) is 0 Å². The van der Waals surface area contributed by atoms with E-state index in [0.29, 0.717) is 0 Å². The molecule has 0 bridgehead atoms. The van der Waals surface area contributed by atoms with Crippen molar-refractivity contribution >= 4 is 0 Å². The molecule has 0 saturated carbocycles. The third-order valence-corrected chi connectivity index (χ3v) is 2.64. The number of hydrogen-bond acceptors (Lipinski definition) is 0. The molecule has 0 amide bonds. The number of hydrogen-bond donors (Lipinski definition) is 0. The molecule has 1 aromatic carbocycles. The van der Waals surface area contributed by atoms with E-state index in [1.54, 1.807) is 0 Å². The SMILES string of the molecule is CCc1cc(C)c(F)c(C)c1CC. The van der Waals surface area contributed by atoms with Gasteiger partial charge in [-0.05, 0) is 48.9 Å². The zero-order valence-electron chi connectivity index (χ0n) is 8.87. The largest absolute Gasteiger partial charge is 0.206 e. The van der Waals surface area contributed by atoms with Crippen LogP contribution < -0.4 is 0 Å². The Kier molecular flexibility index (Phi) is 3.07. The number of benzene rings is 1. The summed E-state index contributed by atoms with van der Waals surface area (Å²) < 4.78 is 13.5. The van der Waals surface area contributed by atoms with Crippen molar-refractivity contribution in [1.82, 2.24) is 0 Å². The summed E-state index contributed by atoms with van der Waals surface area (Å²) in [5.41, 5.74) is 4.08. The van der Waals surface area contributed by atoms with Gasteiger partial charge in [0.15, 0.2) is 0 Å². The summed E-state index contributed by atoms with van der Waals surface area (Å²) in [5, 5.41) is 0. The van der Waals surface area contributed by atoms with Crippen LogP contribution in [0.15, 0.2) is 6.07 Å². The molecule has 0 N–H and O–H groups in total. The first kappa shape index (κ1) is 10.2. The second kappa shape index (κ2) is 3.91. The van der Waals surface area contributed by atoms with E-state index in [-0.39, 0.29) is 5.82 Å². The Balaban J connectivity index is 3.39. The van der Waals surface area contributed by atoms with Crippen LogP contribution >= 0.6 is 0 Å². The third-order valence-electron chi connectivity index (χ3n) is 2.64. The zero-order valence-corrected chi connectivity index (χ0v) is 8.87. The van der Waals surface area contributed by atoms with E-state index in [0.717, 1.165) is 24.0 Å². The maximum Gasteiger partial charge on any atom is 0.129 e. The second-order valence-electron chi connectivity index (χ2n) is 3.48. The molecule has 1 rings (SSSR count). The van der Waals surface area contributed by atoms with Gasteiger partial charge in [-0.25, -0.2) is 4.39 Å². The summed E-state index contributed by atoms with van der Waals surface area (Å²) in [4.78, 5) is 0. The normalized spacial score (nSPS) is 10.5. The molecule has 0 aliphatic heterocycles. The number of rotatable bonds is 2. The highest BCUT2D eigenvalue weighted by atomic mass is 19.1. The molecule has 13 heavy (non-hydrogen) atoms. The van der Waals surface area contributed by atoms with Crippen molar-refractivity contribution in [3.8, 4) is 0 Å². The molecule has 0 aliphatic rings. The van der Waals surface area contributed by atoms with Gasteiger partial charge in [-0.1, -0.05) is 19.9 Å². The van der Waals surface area contributed by atoms with Crippen LogP contribution in [0.25, 0.3) is 0 Å². The lowest BCUT2D eigenvalue weighted by Gasteiger charge is -2.12. The van der Waals surface area contributed by atoms with E-state index < -0.39 is 0 Å². The Hall–Kier alpha value is -0.850. The third kappa shape index (κ3) is 1.74. The maximum absolute atomic E-state index is 13.5. The molecule has 0 radical (unpaired) electrons. The minimum absolute atomic E-state index is 0.0333. The van der Waals surface area contributed by atoms with Crippen molar-refractivity contribution in [1.29, 1.82) is 0 Å². The molecular weight excluding hydrogens is 163 g/mol. The van der Waals surface area contributed by atoms with Gasteiger partial charge in [-0.2, -0.15) is 0 Å². The summed E-state index contributed by atoms with van der Waals surface area (Å²) in [7, 11) is 0. The standard InChI is InChI=1S/C12H17F/c1-5-10-7-8(3)12(13)9(4)11(10)6-2/h7H,5-6H2,1-4H3. The average molecular weight is 180 g/mol. The monoisotopic (exact) mass is 180 g/mol. The second-order valence-corrected chi connectivity index (χ2v) is 3.48. The van der Waals surface area contributed by atoms with Crippen molar-refractivity contribution in [2.45, 2.75) is 40.5 Å².